The zero-order valence-electron chi connectivity index (χ0n) is 14.8. The van der Waals surface area contributed by atoms with E-state index in [1.807, 2.05) is 12.5 Å². The maximum Gasteiger partial charge on any atom is 0.314 e. The highest BCUT2D eigenvalue weighted by Crippen LogP contribution is 2.59. The highest BCUT2D eigenvalue weighted by molar-refractivity contribution is 5.73. The normalized spacial score (nSPS) is 33.6. The summed E-state index contributed by atoms with van der Waals surface area (Å²) in [5.74, 6) is 2.83. The number of carbonyl (C=O) groups excluding carboxylic acids is 1. The van der Waals surface area contributed by atoms with Crippen molar-refractivity contribution in [3.05, 3.63) is 18.2 Å². The van der Waals surface area contributed by atoms with E-state index in [-0.39, 0.29) is 6.03 Å². The molecule has 0 aromatic carbocycles. The average molecular weight is 330 g/mol. The average Bonchev–Trinajstić information content (AvgIpc) is 2.94. The van der Waals surface area contributed by atoms with E-state index in [0.29, 0.717) is 12.0 Å². The Bertz CT molecular complexity index is 559. The van der Waals surface area contributed by atoms with Gasteiger partial charge in [-0.05, 0) is 75.0 Å². The summed E-state index contributed by atoms with van der Waals surface area (Å²) in [6.45, 7) is 4.55. The van der Waals surface area contributed by atoms with Crippen LogP contribution in [0, 0.1) is 30.1 Å². The Labute approximate surface area is 144 Å². The highest BCUT2D eigenvalue weighted by atomic mass is 16.2. The monoisotopic (exact) mass is 330 g/mol. The van der Waals surface area contributed by atoms with Crippen molar-refractivity contribution in [3.63, 3.8) is 0 Å². The fourth-order valence-electron chi connectivity index (χ4n) is 5.91. The summed E-state index contributed by atoms with van der Waals surface area (Å²) in [6.07, 6.45) is 13.1. The molecule has 132 valence electrons. The number of urea groups is 1. The van der Waals surface area contributed by atoms with Crippen LogP contribution in [0.3, 0.4) is 0 Å². The molecule has 4 bridgehead atoms. The zero-order valence-corrected chi connectivity index (χ0v) is 14.8. The quantitative estimate of drug-likeness (QED) is 0.788. The molecule has 0 atom stereocenters. The van der Waals surface area contributed by atoms with Crippen LogP contribution in [0.5, 0.6) is 0 Å². The van der Waals surface area contributed by atoms with Gasteiger partial charge in [-0.25, -0.2) is 9.78 Å². The summed E-state index contributed by atoms with van der Waals surface area (Å²) in [4.78, 5) is 16.2. The number of hydrogen-bond acceptors (Lipinski definition) is 2. The maximum atomic E-state index is 12.1. The second-order valence-electron chi connectivity index (χ2n) is 8.61. The molecule has 1 aromatic rings. The standard InChI is InChI=1S/C19H30N4O/c1-14-11-20-13-23(14)4-2-3-21-18(24)22-12-19-8-15-5-16(9-19)7-17(6-15)10-19/h11,13,15-17H,2-10,12H2,1H3,(H2,21,22,24). The summed E-state index contributed by atoms with van der Waals surface area (Å²) >= 11 is 0. The van der Waals surface area contributed by atoms with Crippen LogP contribution in [0.4, 0.5) is 4.79 Å². The summed E-state index contributed by atoms with van der Waals surface area (Å²) in [6, 6.07) is 0.00750. The first-order valence-corrected chi connectivity index (χ1v) is 9.60. The van der Waals surface area contributed by atoms with E-state index < -0.39 is 0 Å². The molecule has 1 heterocycles. The van der Waals surface area contributed by atoms with Crippen LogP contribution in [0.2, 0.25) is 0 Å². The van der Waals surface area contributed by atoms with Crippen LogP contribution in [-0.4, -0.2) is 28.7 Å². The highest BCUT2D eigenvalue weighted by Gasteiger charge is 2.50. The second kappa shape index (κ2) is 6.41. The van der Waals surface area contributed by atoms with Crippen molar-refractivity contribution < 1.29 is 4.79 Å². The Morgan fingerprint density at radius 3 is 2.46 bits per heavy atom. The van der Waals surface area contributed by atoms with Crippen molar-refractivity contribution in [2.45, 2.75) is 58.4 Å². The van der Waals surface area contributed by atoms with Gasteiger partial charge in [0.05, 0.1) is 6.33 Å². The molecule has 2 N–H and O–H groups in total. The molecule has 4 saturated carbocycles. The van der Waals surface area contributed by atoms with Gasteiger partial charge in [-0.3, -0.25) is 0 Å². The molecule has 2 amide bonds. The predicted octanol–water partition coefficient (Wildman–Crippen LogP) is 3.10. The third-order valence-corrected chi connectivity index (χ3v) is 6.57. The van der Waals surface area contributed by atoms with Crippen LogP contribution < -0.4 is 10.6 Å². The minimum absolute atomic E-state index is 0.00750. The topological polar surface area (TPSA) is 59.0 Å². The minimum Gasteiger partial charge on any atom is -0.338 e. The van der Waals surface area contributed by atoms with E-state index in [2.05, 4.69) is 27.1 Å². The molecular weight excluding hydrogens is 300 g/mol. The lowest BCUT2D eigenvalue weighted by molar-refractivity contribution is -0.0498. The number of amides is 2. The van der Waals surface area contributed by atoms with Crippen molar-refractivity contribution in [2.24, 2.45) is 23.2 Å². The Morgan fingerprint density at radius 2 is 1.88 bits per heavy atom. The fourth-order valence-corrected chi connectivity index (χ4v) is 5.91. The van der Waals surface area contributed by atoms with Crippen LogP contribution in [0.15, 0.2) is 12.5 Å². The van der Waals surface area contributed by atoms with E-state index in [0.717, 1.165) is 37.3 Å². The number of rotatable bonds is 6. The molecule has 5 nitrogen and oxygen atoms in total. The van der Waals surface area contributed by atoms with Crippen molar-refractivity contribution >= 4 is 6.03 Å². The van der Waals surface area contributed by atoms with E-state index in [1.54, 1.807) is 0 Å². The lowest BCUT2D eigenvalue weighted by Gasteiger charge is -2.56. The van der Waals surface area contributed by atoms with Gasteiger partial charge in [0, 0.05) is 31.5 Å². The molecule has 4 aliphatic carbocycles. The van der Waals surface area contributed by atoms with Crippen molar-refractivity contribution in [3.8, 4) is 0 Å². The Hall–Kier alpha value is -1.52. The number of aromatic nitrogens is 2. The first-order valence-electron chi connectivity index (χ1n) is 9.60. The largest absolute Gasteiger partial charge is 0.338 e. The first kappa shape index (κ1) is 16.0. The van der Waals surface area contributed by atoms with Gasteiger partial charge in [0.15, 0.2) is 0 Å². The lowest BCUT2D eigenvalue weighted by Crippen LogP contribution is -2.52. The maximum absolute atomic E-state index is 12.1. The number of aryl methyl sites for hydroxylation is 2. The summed E-state index contributed by atoms with van der Waals surface area (Å²) < 4.78 is 2.12. The first-order chi connectivity index (χ1) is 11.6. The Balaban J connectivity index is 1.18. The van der Waals surface area contributed by atoms with Crippen LogP contribution in [0.1, 0.15) is 50.6 Å². The molecule has 0 spiro atoms. The Kier molecular flexibility index (Phi) is 4.27. The van der Waals surface area contributed by atoms with Gasteiger partial charge in [-0.1, -0.05) is 0 Å². The minimum atomic E-state index is 0.00750. The van der Waals surface area contributed by atoms with Crippen LogP contribution in [0.25, 0.3) is 0 Å². The molecule has 24 heavy (non-hydrogen) atoms. The molecular formula is C19H30N4O. The number of imidazole rings is 1. The molecule has 0 aliphatic heterocycles. The smallest absolute Gasteiger partial charge is 0.314 e. The molecule has 0 radical (unpaired) electrons. The molecule has 1 aromatic heterocycles. The number of hydrogen-bond donors (Lipinski definition) is 2. The van der Waals surface area contributed by atoms with Crippen LogP contribution >= 0.6 is 0 Å². The van der Waals surface area contributed by atoms with Crippen LogP contribution in [-0.2, 0) is 6.54 Å². The van der Waals surface area contributed by atoms with Gasteiger partial charge in [0.2, 0.25) is 0 Å². The molecule has 5 heteroatoms. The van der Waals surface area contributed by atoms with Gasteiger partial charge >= 0.3 is 6.03 Å². The van der Waals surface area contributed by atoms with Gasteiger partial charge in [0.1, 0.15) is 0 Å². The van der Waals surface area contributed by atoms with E-state index in [4.69, 9.17) is 0 Å². The second-order valence-corrected chi connectivity index (χ2v) is 8.61. The summed E-state index contributed by atoms with van der Waals surface area (Å²) in [5, 5.41) is 6.19. The molecule has 4 fully saturated rings. The van der Waals surface area contributed by atoms with E-state index >= 15 is 0 Å². The predicted molar refractivity (Wildman–Crippen MR) is 93.6 cm³/mol. The zero-order chi connectivity index (χ0) is 16.6. The molecule has 5 rings (SSSR count). The third kappa shape index (κ3) is 3.31. The van der Waals surface area contributed by atoms with Gasteiger partial charge in [-0.15, -0.1) is 0 Å². The summed E-state index contributed by atoms with van der Waals surface area (Å²) in [5.41, 5.74) is 1.58. The van der Waals surface area contributed by atoms with Crippen molar-refractivity contribution in [1.29, 1.82) is 0 Å². The summed E-state index contributed by atoms with van der Waals surface area (Å²) in [7, 11) is 0. The molecule has 0 saturated heterocycles. The number of carbonyl (C=O) groups is 1. The fraction of sp³-hybridized carbons (Fsp3) is 0.789. The molecule has 0 unspecified atom stereocenters. The number of nitrogens with zero attached hydrogens (tertiary/aromatic N) is 2. The van der Waals surface area contributed by atoms with E-state index in [1.165, 1.54) is 44.2 Å². The van der Waals surface area contributed by atoms with Crippen molar-refractivity contribution in [1.82, 2.24) is 20.2 Å². The van der Waals surface area contributed by atoms with Crippen molar-refractivity contribution in [2.75, 3.05) is 13.1 Å². The SMILES string of the molecule is Cc1cncn1CCCNC(=O)NCC12CC3CC(CC(C3)C1)C2. The van der Waals surface area contributed by atoms with Gasteiger partial charge in [-0.2, -0.15) is 0 Å². The Morgan fingerprint density at radius 1 is 1.21 bits per heavy atom. The molecule has 4 aliphatic rings. The van der Waals surface area contributed by atoms with Gasteiger partial charge in [0.25, 0.3) is 0 Å². The van der Waals surface area contributed by atoms with Gasteiger partial charge < -0.3 is 15.2 Å². The third-order valence-electron chi connectivity index (χ3n) is 6.57. The van der Waals surface area contributed by atoms with E-state index in [9.17, 15) is 4.79 Å². The lowest BCUT2D eigenvalue weighted by atomic mass is 9.49. The number of nitrogens with one attached hydrogen (secondary N) is 2.